The summed E-state index contributed by atoms with van der Waals surface area (Å²) in [4.78, 5) is 2.31. The summed E-state index contributed by atoms with van der Waals surface area (Å²) in [5.41, 5.74) is 2.93. The lowest BCUT2D eigenvalue weighted by Crippen LogP contribution is -2.26. The monoisotopic (exact) mass is 309 g/mol. The predicted molar refractivity (Wildman–Crippen MR) is 89.6 cm³/mol. The van der Waals surface area contributed by atoms with E-state index in [0.717, 1.165) is 43.9 Å². The Kier molecular flexibility index (Phi) is 4.89. The predicted octanol–water partition coefficient (Wildman–Crippen LogP) is 3.31. The maximum absolute atomic E-state index is 13.0. The molecular weight excluding hydrogens is 289 g/mol. The van der Waals surface area contributed by atoms with Crippen LogP contribution in [0.5, 0.6) is 0 Å². The van der Waals surface area contributed by atoms with Crippen molar-refractivity contribution in [3.8, 4) is 6.07 Å². The Morgan fingerprint density at radius 2 is 2.04 bits per heavy atom. The van der Waals surface area contributed by atoms with Crippen LogP contribution in [0.4, 0.5) is 10.1 Å². The van der Waals surface area contributed by atoms with Crippen LogP contribution < -0.4 is 10.2 Å². The molecule has 2 aromatic carbocycles. The molecule has 1 N–H and O–H groups in total. The summed E-state index contributed by atoms with van der Waals surface area (Å²) in [6.07, 6.45) is 1.14. The zero-order chi connectivity index (χ0) is 16.1. The first-order valence-corrected chi connectivity index (χ1v) is 7.95. The van der Waals surface area contributed by atoms with Gasteiger partial charge in [-0.3, -0.25) is 0 Å². The Bertz CT molecular complexity index is 691. The maximum atomic E-state index is 13.0. The van der Waals surface area contributed by atoms with Gasteiger partial charge >= 0.3 is 0 Å². The van der Waals surface area contributed by atoms with Crippen LogP contribution in [0.25, 0.3) is 0 Å². The standard InChI is InChI=1S/C19H20FN3/c20-18-4-6-19(7-5-18)23-9-8-17(14-23)13-22-12-16-3-1-2-15(10-16)11-21/h1-7,10,17,22H,8-9,12-14H2. The number of nitrogens with one attached hydrogen (secondary N) is 1. The fourth-order valence-corrected chi connectivity index (χ4v) is 3.06. The largest absolute Gasteiger partial charge is 0.371 e. The van der Waals surface area contributed by atoms with Crippen molar-refractivity contribution in [1.82, 2.24) is 5.32 Å². The van der Waals surface area contributed by atoms with E-state index in [1.165, 1.54) is 12.1 Å². The van der Waals surface area contributed by atoms with Crippen LogP contribution in [0.2, 0.25) is 0 Å². The number of halogens is 1. The molecule has 0 spiro atoms. The quantitative estimate of drug-likeness (QED) is 0.921. The van der Waals surface area contributed by atoms with Gasteiger partial charge in [0.15, 0.2) is 0 Å². The van der Waals surface area contributed by atoms with Crippen LogP contribution in [-0.4, -0.2) is 19.6 Å². The minimum atomic E-state index is -0.189. The topological polar surface area (TPSA) is 39.1 Å². The van der Waals surface area contributed by atoms with Crippen molar-refractivity contribution in [2.75, 3.05) is 24.5 Å². The molecule has 0 aromatic heterocycles. The van der Waals surface area contributed by atoms with Crippen molar-refractivity contribution in [2.45, 2.75) is 13.0 Å². The molecule has 0 saturated carbocycles. The van der Waals surface area contributed by atoms with Crippen molar-refractivity contribution in [3.05, 3.63) is 65.5 Å². The molecule has 1 atom stereocenters. The summed E-state index contributed by atoms with van der Waals surface area (Å²) in [5.74, 6) is 0.407. The van der Waals surface area contributed by atoms with E-state index < -0.39 is 0 Å². The van der Waals surface area contributed by atoms with E-state index in [9.17, 15) is 4.39 Å². The van der Waals surface area contributed by atoms with Crippen LogP contribution >= 0.6 is 0 Å². The van der Waals surface area contributed by atoms with Crippen molar-refractivity contribution in [3.63, 3.8) is 0 Å². The highest BCUT2D eigenvalue weighted by Crippen LogP contribution is 2.23. The molecule has 23 heavy (non-hydrogen) atoms. The minimum absolute atomic E-state index is 0.189. The minimum Gasteiger partial charge on any atom is -0.371 e. The first kappa shape index (κ1) is 15.5. The Labute approximate surface area is 136 Å². The van der Waals surface area contributed by atoms with Gasteiger partial charge in [0.25, 0.3) is 0 Å². The Morgan fingerprint density at radius 3 is 2.83 bits per heavy atom. The van der Waals surface area contributed by atoms with Crippen LogP contribution in [0.3, 0.4) is 0 Å². The zero-order valence-electron chi connectivity index (χ0n) is 13.0. The molecule has 0 radical (unpaired) electrons. The maximum Gasteiger partial charge on any atom is 0.123 e. The fraction of sp³-hybridized carbons (Fsp3) is 0.316. The van der Waals surface area contributed by atoms with Gasteiger partial charge in [0.2, 0.25) is 0 Å². The number of hydrogen-bond acceptors (Lipinski definition) is 3. The number of rotatable bonds is 5. The molecule has 1 fully saturated rings. The Morgan fingerprint density at radius 1 is 1.22 bits per heavy atom. The molecule has 118 valence electrons. The van der Waals surface area contributed by atoms with Crippen LogP contribution in [0.1, 0.15) is 17.5 Å². The number of nitrogens with zero attached hydrogens (tertiary/aromatic N) is 2. The highest BCUT2D eigenvalue weighted by Gasteiger charge is 2.22. The molecule has 2 aromatic rings. The lowest BCUT2D eigenvalue weighted by atomic mass is 10.1. The van der Waals surface area contributed by atoms with Gasteiger partial charge < -0.3 is 10.2 Å². The summed E-state index contributed by atoms with van der Waals surface area (Å²) in [7, 11) is 0. The van der Waals surface area contributed by atoms with Gasteiger partial charge in [-0.2, -0.15) is 5.26 Å². The fourth-order valence-electron chi connectivity index (χ4n) is 3.06. The normalized spacial score (nSPS) is 17.2. The van der Waals surface area contributed by atoms with Crippen molar-refractivity contribution < 1.29 is 4.39 Å². The summed E-state index contributed by atoms with van der Waals surface area (Å²) in [6, 6.07) is 16.6. The number of anilines is 1. The van der Waals surface area contributed by atoms with Crippen molar-refractivity contribution in [1.29, 1.82) is 5.26 Å². The molecule has 0 bridgehead atoms. The van der Waals surface area contributed by atoms with Gasteiger partial charge in [-0.25, -0.2) is 4.39 Å². The third-order valence-electron chi connectivity index (χ3n) is 4.30. The lowest BCUT2D eigenvalue weighted by Gasteiger charge is -2.19. The second-order valence-corrected chi connectivity index (χ2v) is 6.02. The van der Waals surface area contributed by atoms with Crippen molar-refractivity contribution >= 4 is 5.69 Å². The molecule has 1 unspecified atom stereocenters. The van der Waals surface area contributed by atoms with Gasteiger partial charge in [0.1, 0.15) is 5.82 Å². The third kappa shape index (κ3) is 4.08. The Hall–Kier alpha value is -2.38. The second kappa shape index (κ2) is 7.26. The van der Waals surface area contributed by atoms with Gasteiger partial charge in [0.05, 0.1) is 11.6 Å². The average Bonchev–Trinajstić information content (AvgIpc) is 3.04. The highest BCUT2D eigenvalue weighted by molar-refractivity contribution is 5.47. The Balaban J connectivity index is 1.47. The summed E-state index contributed by atoms with van der Waals surface area (Å²) in [5, 5.41) is 12.4. The first-order valence-electron chi connectivity index (χ1n) is 7.95. The van der Waals surface area contributed by atoms with Gasteiger partial charge in [0, 0.05) is 31.9 Å². The molecule has 1 aliphatic rings. The van der Waals surface area contributed by atoms with E-state index in [1.807, 2.05) is 36.4 Å². The van der Waals surface area contributed by atoms with Crippen molar-refractivity contribution in [2.24, 2.45) is 5.92 Å². The smallest absolute Gasteiger partial charge is 0.123 e. The van der Waals surface area contributed by atoms with E-state index in [-0.39, 0.29) is 5.82 Å². The summed E-state index contributed by atoms with van der Waals surface area (Å²) in [6.45, 7) is 3.75. The van der Waals surface area contributed by atoms with E-state index in [1.54, 1.807) is 0 Å². The highest BCUT2D eigenvalue weighted by atomic mass is 19.1. The van der Waals surface area contributed by atoms with Gasteiger partial charge in [-0.1, -0.05) is 12.1 Å². The van der Waals surface area contributed by atoms with Crippen LogP contribution in [0.15, 0.2) is 48.5 Å². The summed E-state index contributed by atoms with van der Waals surface area (Å²) >= 11 is 0. The van der Waals surface area contributed by atoms with E-state index in [0.29, 0.717) is 11.5 Å². The molecule has 0 aliphatic carbocycles. The molecule has 0 amide bonds. The third-order valence-corrected chi connectivity index (χ3v) is 4.30. The van der Waals surface area contributed by atoms with Gasteiger partial charge in [-0.15, -0.1) is 0 Å². The van der Waals surface area contributed by atoms with E-state index in [4.69, 9.17) is 5.26 Å². The van der Waals surface area contributed by atoms with Gasteiger partial charge in [-0.05, 0) is 54.3 Å². The molecule has 1 heterocycles. The van der Waals surface area contributed by atoms with E-state index in [2.05, 4.69) is 16.3 Å². The number of benzene rings is 2. The number of hydrogen-bond donors (Lipinski definition) is 1. The van der Waals surface area contributed by atoms with Crippen LogP contribution in [-0.2, 0) is 6.54 Å². The molecule has 4 heteroatoms. The molecular formula is C19H20FN3. The van der Waals surface area contributed by atoms with Crippen LogP contribution in [0, 0.1) is 23.1 Å². The zero-order valence-corrected chi connectivity index (χ0v) is 13.0. The number of nitriles is 1. The summed E-state index contributed by atoms with van der Waals surface area (Å²) < 4.78 is 13.0. The molecule has 3 nitrogen and oxygen atoms in total. The first-order chi connectivity index (χ1) is 11.2. The van der Waals surface area contributed by atoms with E-state index >= 15 is 0 Å². The molecule has 1 saturated heterocycles. The SMILES string of the molecule is N#Cc1cccc(CNCC2CCN(c3ccc(F)cc3)C2)c1. The second-order valence-electron chi connectivity index (χ2n) is 6.02. The molecule has 3 rings (SSSR count). The molecule has 1 aliphatic heterocycles. The lowest BCUT2D eigenvalue weighted by molar-refractivity contribution is 0.516. The average molecular weight is 309 g/mol.